The highest BCUT2D eigenvalue weighted by atomic mass is 16.5. The van der Waals surface area contributed by atoms with Crippen LogP contribution in [0, 0.1) is 0 Å². The molecule has 5 nitrogen and oxygen atoms in total. The average Bonchev–Trinajstić information content (AvgIpc) is 1.94. The van der Waals surface area contributed by atoms with Crippen molar-refractivity contribution in [3.8, 4) is 0 Å². The van der Waals surface area contributed by atoms with E-state index in [-0.39, 0.29) is 18.7 Å². The highest BCUT2D eigenvalue weighted by Crippen LogP contribution is 2.16. The first-order valence-electron chi connectivity index (χ1n) is 4.00. The number of aliphatic hydroxyl groups is 1. The van der Waals surface area contributed by atoms with Gasteiger partial charge in [-0.05, 0) is 6.42 Å². The molecule has 0 aliphatic carbocycles. The normalized spacial score (nSPS) is 22.1. The first kappa shape index (κ1) is 9.28. The lowest BCUT2D eigenvalue weighted by molar-refractivity contribution is 0.0174. The largest absolute Gasteiger partial charge is 0.394 e. The van der Waals surface area contributed by atoms with Crippen LogP contribution in [0.1, 0.15) is 6.42 Å². The Morgan fingerprint density at radius 2 is 2.50 bits per heavy atom. The van der Waals surface area contributed by atoms with E-state index in [4.69, 9.17) is 15.6 Å². The van der Waals surface area contributed by atoms with Gasteiger partial charge in [0.2, 0.25) is 0 Å². The minimum absolute atomic E-state index is 0.0172. The monoisotopic (exact) mass is 174 g/mol. The van der Waals surface area contributed by atoms with Gasteiger partial charge < -0.3 is 20.5 Å². The predicted octanol–water partition coefficient (Wildman–Crippen LogP) is -0.852. The van der Waals surface area contributed by atoms with Crippen LogP contribution in [0.4, 0.5) is 4.79 Å². The smallest absolute Gasteiger partial charge is 0.315 e. The summed E-state index contributed by atoms with van der Waals surface area (Å²) in [5.74, 6) is 0. The SMILES string of the molecule is NC(=O)N1CCC1COCCO. The molecule has 12 heavy (non-hydrogen) atoms. The molecule has 1 unspecified atom stereocenters. The molecule has 0 bridgehead atoms. The lowest BCUT2D eigenvalue weighted by Gasteiger charge is -2.39. The maximum absolute atomic E-state index is 10.7. The Morgan fingerprint density at radius 1 is 1.75 bits per heavy atom. The standard InChI is InChI=1S/C7H14N2O3/c8-7(11)9-2-1-6(9)5-12-4-3-10/h6,10H,1-5H2,(H2,8,11). The van der Waals surface area contributed by atoms with Gasteiger partial charge in [-0.2, -0.15) is 0 Å². The zero-order valence-electron chi connectivity index (χ0n) is 6.90. The van der Waals surface area contributed by atoms with E-state index >= 15 is 0 Å². The second kappa shape index (κ2) is 4.27. The quantitative estimate of drug-likeness (QED) is 0.545. The van der Waals surface area contributed by atoms with E-state index in [1.165, 1.54) is 0 Å². The predicted molar refractivity (Wildman–Crippen MR) is 42.6 cm³/mol. The van der Waals surface area contributed by atoms with E-state index in [1.54, 1.807) is 4.90 Å². The second-order valence-electron chi connectivity index (χ2n) is 2.77. The van der Waals surface area contributed by atoms with Crippen molar-refractivity contribution in [3.63, 3.8) is 0 Å². The second-order valence-corrected chi connectivity index (χ2v) is 2.77. The summed E-state index contributed by atoms with van der Waals surface area (Å²) in [6, 6.07) is -0.270. The minimum atomic E-state index is -0.390. The molecule has 1 fully saturated rings. The molecule has 3 N–H and O–H groups in total. The number of amides is 2. The lowest BCUT2D eigenvalue weighted by Crippen LogP contribution is -2.55. The molecule has 1 heterocycles. The zero-order chi connectivity index (χ0) is 8.97. The van der Waals surface area contributed by atoms with Crippen LogP contribution < -0.4 is 5.73 Å². The Hall–Kier alpha value is -0.810. The summed E-state index contributed by atoms with van der Waals surface area (Å²) >= 11 is 0. The van der Waals surface area contributed by atoms with Crippen LogP contribution in [0.2, 0.25) is 0 Å². The van der Waals surface area contributed by atoms with E-state index in [0.717, 1.165) is 13.0 Å². The van der Waals surface area contributed by atoms with Crippen molar-refractivity contribution in [3.05, 3.63) is 0 Å². The fourth-order valence-corrected chi connectivity index (χ4v) is 1.19. The van der Waals surface area contributed by atoms with Gasteiger partial charge in [-0.15, -0.1) is 0 Å². The fraction of sp³-hybridized carbons (Fsp3) is 0.857. The number of rotatable bonds is 4. The van der Waals surface area contributed by atoms with Crippen LogP contribution >= 0.6 is 0 Å². The number of hydrogen-bond acceptors (Lipinski definition) is 3. The molecule has 5 heteroatoms. The van der Waals surface area contributed by atoms with Gasteiger partial charge in [0.25, 0.3) is 0 Å². The molecule has 0 aromatic rings. The van der Waals surface area contributed by atoms with Gasteiger partial charge in [0.15, 0.2) is 0 Å². The van der Waals surface area contributed by atoms with Gasteiger partial charge in [-0.3, -0.25) is 0 Å². The van der Waals surface area contributed by atoms with E-state index < -0.39 is 0 Å². The van der Waals surface area contributed by atoms with Crippen molar-refractivity contribution in [1.82, 2.24) is 4.90 Å². The highest BCUT2D eigenvalue weighted by Gasteiger charge is 2.30. The van der Waals surface area contributed by atoms with Gasteiger partial charge >= 0.3 is 6.03 Å². The number of urea groups is 1. The summed E-state index contributed by atoms with van der Waals surface area (Å²) in [7, 11) is 0. The number of likely N-dealkylation sites (tertiary alicyclic amines) is 1. The van der Waals surface area contributed by atoms with Crippen LogP contribution in [0.3, 0.4) is 0 Å². The van der Waals surface area contributed by atoms with E-state index in [1.807, 2.05) is 0 Å². The van der Waals surface area contributed by atoms with Gasteiger partial charge in [0.1, 0.15) is 0 Å². The third kappa shape index (κ3) is 2.09. The van der Waals surface area contributed by atoms with E-state index in [2.05, 4.69) is 0 Å². The Morgan fingerprint density at radius 3 is 2.92 bits per heavy atom. The molecule has 1 atom stereocenters. The van der Waals surface area contributed by atoms with Gasteiger partial charge in [0.05, 0.1) is 25.9 Å². The molecule has 1 aliphatic heterocycles. The molecule has 0 aromatic heterocycles. The van der Waals surface area contributed by atoms with Crippen molar-refractivity contribution in [2.45, 2.75) is 12.5 Å². The van der Waals surface area contributed by atoms with Crippen LogP contribution in [0.5, 0.6) is 0 Å². The molecule has 2 amide bonds. The summed E-state index contributed by atoms with van der Waals surface area (Å²) in [6.45, 7) is 1.54. The first-order valence-corrected chi connectivity index (χ1v) is 4.00. The number of hydrogen-bond donors (Lipinski definition) is 2. The molecule has 1 saturated heterocycles. The molecular weight excluding hydrogens is 160 g/mol. The molecule has 70 valence electrons. The van der Waals surface area contributed by atoms with Crippen molar-refractivity contribution >= 4 is 6.03 Å². The van der Waals surface area contributed by atoms with Gasteiger partial charge in [-0.25, -0.2) is 4.79 Å². The molecule has 1 aliphatic rings. The summed E-state index contributed by atoms with van der Waals surface area (Å²) in [6.07, 6.45) is 0.939. The number of ether oxygens (including phenoxy) is 1. The zero-order valence-corrected chi connectivity index (χ0v) is 6.90. The maximum atomic E-state index is 10.7. The summed E-state index contributed by atoms with van der Waals surface area (Å²) in [5.41, 5.74) is 5.07. The average molecular weight is 174 g/mol. The number of carbonyl (C=O) groups excluding carboxylic acids is 1. The molecule has 0 spiro atoms. The number of aliphatic hydroxyl groups excluding tert-OH is 1. The third-order valence-corrected chi connectivity index (χ3v) is 1.97. The Balaban J connectivity index is 2.12. The van der Waals surface area contributed by atoms with E-state index in [9.17, 15) is 4.79 Å². The summed E-state index contributed by atoms with van der Waals surface area (Å²) in [5, 5.41) is 8.41. The molecule has 0 radical (unpaired) electrons. The topological polar surface area (TPSA) is 75.8 Å². The fourth-order valence-electron chi connectivity index (χ4n) is 1.19. The first-order chi connectivity index (χ1) is 5.75. The Kier molecular flexibility index (Phi) is 3.31. The van der Waals surface area contributed by atoms with E-state index in [0.29, 0.717) is 13.2 Å². The lowest BCUT2D eigenvalue weighted by atomic mass is 10.1. The van der Waals surface area contributed by atoms with Crippen LogP contribution in [0.25, 0.3) is 0 Å². The summed E-state index contributed by atoms with van der Waals surface area (Å²) in [4.78, 5) is 12.2. The molecule has 1 rings (SSSR count). The van der Waals surface area contributed by atoms with Crippen LogP contribution in [0.15, 0.2) is 0 Å². The molecular formula is C7H14N2O3. The summed E-state index contributed by atoms with van der Waals surface area (Å²) < 4.78 is 5.07. The maximum Gasteiger partial charge on any atom is 0.315 e. The molecule has 0 saturated carbocycles. The van der Waals surface area contributed by atoms with Crippen LogP contribution in [-0.4, -0.2) is 48.4 Å². The number of nitrogens with zero attached hydrogens (tertiary/aromatic N) is 1. The number of nitrogens with two attached hydrogens (primary N) is 1. The third-order valence-electron chi connectivity index (χ3n) is 1.97. The minimum Gasteiger partial charge on any atom is -0.394 e. The molecule has 0 aromatic carbocycles. The Labute approximate surface area is 71.1 Å². The Bertz CT molecular complexity index is 163. The van der Waals surface area contributed by atoms with Gasteiger partial charge in [0, 0.05) is 6.54 Å². The highest BCUT2D eigenvalue weighted by molar-refractivity contribution is 5.73. The number of carbonyl (C=O) groups is 1. The van der Waals surface area contributed by atoms with Crippen LogP contribution in [-0.2, 0) is 4.74 Å². The number of primary amides is 1. The van der Waals surface area contributed by atoms with Crippen molar-refractivity contribution < 1.29 is 14.6 Å². The van der Waals surface area contributed by atoms with Crippen molar-refractivity contribution in [1.29, 1.82) is 0 Å². The van der Waals surface area contributed by atoms with Gasteiger partial charge in [-0.1, -0.05) is 0 Å². The van der Waals surface area contributed by atoms with Crippen molar-refractivity contribution in [2.75, 3.05) is 26.4 Å². The van der Waals surface area contributed by atoms with Crippen molar-refractivity contribution in [2.24, 2.45) is 5.73 Å².